The van der Waals surface area contributed by atoms with E-state index in [1.54, 1.807) is 6.92 Å². The van der Waals surface area contributed by atoms with Crippen molar-refractivity contribution in [2.75, 3.05) is 6.61 Å². The Labute approximate surface area is 155 Å². The molecule has 4 heteroatoms. The lowest BCUT2D eigenvalue weighted by Gasteiger charge is -2.13. The number of carbonyl (C=O) groups excluding carboxylic acids is 2. The van der Waals surface area contributed by atoms with E-state index < -0.39 is 6.04 Å². The van der Waals surface area contributed by atoms with Gasteiger partial charge in [0.05, 0.1) is 6.61 Å². The van der Waals surface area contributed by atoms with Gasteiger partial charge in [0.1, 0.15) is 6.04 Å². The minimum Gasteiger partial charge on any atom is -0.464 e. The van der Waals surface area contributed by atoms with E-state index in [-0.39, 0.29) is 11.9 Å². The summed E-state index contributed by atoms with van der Waals surface area (Å²) in [6.07, 6.45) is 16.4. The summed E-state index contributed by atoms with van der Waals surface area (Å²) in [6, 6.07) is -0.544. The molecule has 0 saturated heterocycles. The molecule has 0 aromatic carbocycles. The number of rotatable bonds is 17. The molecule has 1 unspecified atom stereocenters. The minimum absolute atomic E-state index is 0.0685. The quantitative estimate of drug-likeness (QED) is 0.275. The molecule has 4 nitrogen and oxygen atoms in total. The molecule has 0 saturated carbocycles. The largest absolute Gasteiger partial charge is 0.464 e. The Morgan fingerprint density at radius 3 is 1.76 bits per heavy atom. The first-order valence-corrected chi connectivity index (χ1v) is 10.6. The molecule has 0 heterocycles. The van der Waals surface area contributed by atoms with Crippen molar-refractivity contribution >= 4 is 11.9 Å². The summed E-state index contributed by atoms with van der Waals surface area (Å²) < 4.78 is 5.24. The third-order valence-corrected chi connectivity index (χ3v) is 4.48. The second kappa shape index (κ2) is 17.8. The summed E-state index contributed by atoms with van der Waals surface area (Å²) in [7, 11) is 0. The average molecular weight is 356 g/mol. The number of carbonyl (C=O) groups is 2. The van der Waals surface area contributed by atoms with Crippen LogP contribution >= 0.6 is 0 Å². The molecule has 0 aromatic rings. The number of esters is 1. The van der Waals surface area contributed by atoms with Crippen LogP contribution < -0.4 is 5.32 Å². The first-order valence-electron chi connectivity index (χ1n) is 10.6. The van der Waals surface area contributed by atoms with Crippen LogP contribution in [0.1, 0.15) is 111 Å². The molecule has 0 fully saturated rings. The number of hydrogen-bond acceptors (Lipinski definition) is 3. The Kier molecular flexibility index (Phi) is 17.0. The van der Waals surface area contributed by atoms with Gasteiger partial charge in [-0.05, 0) is 19.8 Å². The molecule has 0 aliphatic rings. The fraction of sp³-hybridized carbons (Fsp3) is 0.905. The van der Waals surface area contributed by atoms with Crippen molar-refractivity contribution in [3.63, 3.8) is 0 Å². The van der Waals surface area contributed by atoms with Crippen LogP contribution in [0.15, 0.2) is 0 Å². The monoisotopic (exact) mass is 355 g/mol. The molecule has 0 spiro atoms. The smallest absolute Gasteiger partial charge is 0.328 e. The summed E-state index contributed by atoms with van der Waals surface area (Å²) in [5.74, 6) is -0.391. The zero-order valence-electron chi connectivity index (χ0n) is 16.9. The lowest BCUT2D eigenvalue weighted by atomic mass is 10.1. The first kappa shape index (κ1) is 23.9. The van der Waals surface area contributed by atoms with E-state index in [0.717, 1.165) is 25.7 Å². The van der Waals surface area contributed by atoms with Crippen LogP contribution in [0.4, 0.5) is 0 Å². The van der Waals surface area contributed by atoms with Crippen LogP contribution in [0.25, 0.3) is 0 Å². The Hall–Kier alpha value is -1.06. The molecule has 0 rings (SSSR count). The molecule has 0 aliphatic carbocycles. The SMILES string of the molecule is CCCCCCCCCCCCCOC(=O)C(C)NC(=O)CCCC. The van der Waals surface area contributed by atoms with Gasteiger partial charge in [0, 0.05) is 6.42 Å². The highest BCUT2D eigenvalue weighted by Crippen LogP contribution is 2.11. The highest BCUT2D eigenvalue weighted by atomic mass is 16.5. The molecule has 0 aromatic heterocycles. The predicted octanol–water partition coefficient (Wildman–Crippen LogP) is 5.54. The fourth-order valence-electron chi connectivity index (χ4n) is 2.77. The lowest BCUT2D eigenvalue weighted by Crippen LogP contribution is -2.39. The van der Waals surface area contributed by atoms with Crippen molar-refractivity contribution < 1.29 is 14.3 Å². The van der Waals surface area contributed by atoms with Gasteiger partial charge >= 0.3 is 5.97 Å². The van der Waals surface area contributed by atoms with E-state index in [0.29, 0.717) is 13.0 Å². The second-order valence-electron chi connectivity index (χ2n) is 7.10. The maximum absolute atomic E-state index is 11.8. The normalized spacial score (nSPS) is 12.0. The van der Waals surface area contributed by atoms with E-state index in [1.807, 2.05) is 6.92 Å². The van der Waals surface area contributed by atoms with Crippen molar-refractivity contribution in [3.05, 3.63) is 0 Å². The predicted molar refractivity (Wildman–Crippen MR) is 105 cm³/mol. The Balaban J connectivity index is 3.40. The van der Waals surface area contributed by atoms with Crippen molar-refractivity contribution in [2.45, 2.75) is 117 Å². The number of ether oxygens (including phenoxy) is 1. The van der Waals surface area contributed by atoms with E-state index >= 15 is 0 Å². The zero-order chi connectivity index (χ0) is 18.8. The molecule has 1 N–H and O–H groups in total. The molecular weight excluding hydrogens is 314 g/mol. The number of amides is 1. The summed E-state index contributed by atoms with van der Waals surface area (Å²) >= 11 is 0. The molecule has 1 atom stereocenters. The van der Waals surface area contributed by atoms with E-state index in [9.17, 15) is 9.59 Å². The summed E-state index contributed by atoms with van der Waals surface area (Å²) in [4.78, 5) is 23.4. The highest BCUT2D eigenvalue weighted by molar-refractivity contribution is 5.84. The van der Waals surface area contributed by atoms with Crippen LogP contribution in [0.5, 0.6) is 0 Å². The van der Waals surface area contributed by atoms with Gasteiger partial charge in [0.2, 0.25) is 5.91 Å². The van der Waals surface area contributed by atoms with E-state index in [4.69, 9.17) is 4.74 Å². The van der Waals surface area contributed by atoms with Crippen LogP contribution in [-0.4, -0.2) is 24.5 Å². The first-order chi connectivity index (χ1) is 12.1. The highest BCUT2D eigenvalue weighted by Gasteiger charge is 2.16. The molecule has 148 valence electrons. The molecular formula is C21H41NO3. The summed E-state index contributed by atoms with van der Waals surface area (Å²) in [6.45, 7) is 6.44. The number of nitrogens with one attached hydrogen (secondary N) is 1. The minimum atomic E-state index is -0.544. The van der Waals surface area contributed by atoms with Crippen LogP contribution in [-0.2, 0) is 14.3 Å². The van der Waals surface area contributed by atoms with Crippen molar-refractivity contribution in [3.8, 4) is 0 Å². The Morgan fingerprint density at radius 1 is 0.760 bits per heavy atom. The second-order valence-corrected chi connectivity index (χ2v) is 7.10. The molecule has 1 amide bonds. The van der Waals surface area contributed by atoms with Gasteiger partial charge in [0.25, 0.3) is 0 Å². The Bertz CT molecular complexity index is 331. The van der Waals surface area contributed by atoms with E-state index in [2.05, 4.69) is 12.2 Å². The average Bonchev–Trinajstić information content (AvgIpc) is 2.60. The van der Waals surface area contributed by atoms with Crippen molar-refractivity contribution in [1.29, 1.82) is 0 Å². The zero-order valence-corrected chi connectivity index (χ0v) is 16.9. The van der Waals surface area contributed by atoms with Crippen LogP contribution in [0.3, 0.4) is 0 Å². The maximum atomic E-state index is 11.8. The van der Waals surface area contributed by atoms with Gasteiger partial charge in [-0.15, -0.1) is 0 Å². The van der Waals surface area contributed by atoms with Gasteiger partial charge < -0.3 is 10.1 Å². The molecule has 0 aliphatic heterocycles. The van der Waals surface area contributed by atoms with Crippen LogP contribution in [0, 0.1) is 0 Å². The molecule has 25 heavy (non-hydrogen) atoms. The van der Waals surface area contributed by atoms with Crippen molar-refractivity contribution in [1.82, 2.24) is 5.32 Å². The third-order valence-electron chi connectivity index (χ3n) is 4.48. The van der Waals surface area contributed by atoms with Gasteiger partial charge in [-0.3, -0.25) is 4.79 Å². The molecule has 0 bridgehead atoms. The number of hydrogen-bond donors (Lipinski definition) is 1. The molecule has 0 radical (unpaired) electrons. The maximum Gasteiger partial charge on any atom is 0.328 e. The fourth-order valence-corrected chi connectivity index (χ4v) is 2.77. The van der Waals surface area contributed by atoms with E-state index in [1.165, 1.54) is 57.8 Å². The topological polar surface area (TPSA) is 55.4 Å². The van der Waals surface area contributed by atoms with Crippen molar-refractivity contribution in [2.24, 2.45) is 0 Å². The lowest BCUT2D eigenvalue weighted by molar-refractivity contribution is -0.147. The van der Waals surface area contributed by atoms with Gasteiger partial charge in [0.15, 0.2) is 0 Å². The van der Waals surface area contributed by atoms with Gasteiger partial charge in [-0.25, -0.2) is 4.79 Å². The van der Waals surface area contributed by atoms with Gasteiger partial charge in [-0.1, -0.05) is 84.5 Å². The standard InChI is InChI=1S/C21H41NO3/c1-4-6-8-9-10-11-12-13-14-15-16-18-25-21(24)19(3)22-20(23)17-7-5-2/h19H,4-18H2,1-3H3,(H,22,23). The summed E-state index contributed by atoms with van der Waals surface area (Å²) in [5.41, 5.74) is 0. The Morgan fingerprint density at radius 2 is 1.24 bits per heavy atom. The third kappa shape index (κ3) is 16.2. The van der Waals surface area contributed by atoms with Crippen LogP contribution in [0.2, 0.25) is 0 Å². The summed E-state index contributed by atoms with van der Waals surface area (Å²) in [5, 5.41) is 2.69. The van der Waals surface area contributed by atoms with Gasteiger partial charge in [-0.2, -0.15) is 0 Å². The number of unbranched alkanes of at least 4 members (excludes halogenated alkanes) is 11.